The molecule has 0 aliphatic heterocycles. The first-order chi connectivity index (χ1) is 15.5. The maximum absolute atomic E-state index is 12.5. The van der Waals surface area contributed by atoms with E-state index in [9.17, 15) is 4.79 Å². The van der Waals surface area contributed by atoms with E-state index >= 15 is 0 Å². The molecule has 10 heteroatoms. The van der Waals surface area contributed by atoms with E-state index in [1.807, 2.05) is 24.4 Å². The molecule has 0 saturated heterocycles. The molecule has 0 spiro atoms. The van der Waals surface area contributed by atoms with Crippen LogP contribution in [0.15, 0.2) is 51.5 Å². The zero-order valence-corrected chi connectivity index (χ0v) is 19.8. The van der Waals surface area contributed by atoms with Gasteiger partial charge in [0.2, 0.25) is 5.75 Å². The van der Waals surface area contributed by atoms with E-state index in [4.69, 9.17) is 14.2 Å². The summed E-state index contributed by atoms with van der Waals surface area (Å²) in [7, 11) is 4.60. The van der Waals surface area contributed by atoms with Gasteiger partial charge in [0.05, 0.1) is 27.5 Å². The van der Waals surface area contributed by atoms with Gasteiger partial charge in [0.1, 0.15) is 10.7 Å². The number of amides is 1. The van der Waals surface area contributed by atoms with Crippen molar-refractivity contribution in [1.29, 1.82) is 0 Å². The quantitative estimate of drug-likeness (QED) is 0.271. The van der Waals surface area contributed by atoms with Crippen LogP contribution in [0, 0.1) is 0 Å². The van der Waals surface area contributed by atoms with Gasteiger partial charge in [-0.3, -0.25) is 4.79 Å². The Morgan fingerprint density at radius 1 is 1.16 bits per heavy atom. The van der Waals surface area contributed by atoms with Gasteiger partial charge in [0, 0.05) is 38.1 Å². The number of H-pyrrole nitrogens is 1. The molecule has 4 rings (SSSR count). The Morgan fingerprint density at radius 3 is 2.59 bits per heavy atom. The zero-order valence-electron chi connectivity index (χ0n) is 17.4. The lowest BCUT2D eigenvalue weighted by Crippen LogP contribution is -2.17. The molecule has 2 aromatic carbocycles. The van der Waals surface area contributed by atoms with Crippen molar-refractivity contribution >= 4 is 50.3 Å². The summed E-state index contributed by atoms with van der Waals surface area (Å²) in [5.41, 5.74) is 5.40. The Morgan fingerprint density at radius 2 is 1.91 bits per heavy atom. The number of benzene rings is 2. The molecular formula is C22H19BrN4O4S. The van der Waals surface area contributed by atoms with E-state index in [0.29, 0.717) is 22.8 Å². The summed E-state index contributed by atoms with van der Waals surface area (Å²) in [5.74, 6) is 1.07. The predicted octanol–water partition coefficient (Wildman–Crippen LogP) is 4.84. The highest BCUT2D eigenvalue weighted by molar-refractivity contribution is 9.10. The molecule has 164 valence electrons. The molecule has 0 bridgehead atoms. The SMILES string of the molecule is COc1cc(/C=N/NC(=O)c2csc(-c3c[nH]c4ccc(Br)cc34)n2)cc(OC)c1OC. The number of nitrogens with one attached hydrogen (secondary N) is 2. The number of hydrogen-bond acceptors (Lipinski definition) is 7. The van der Waals surface area contributed by atoms with Crippen molar-refractivity contribution in [3.05, 3.63) is 57.6 Å². The van der Waals surface area contributed by atoms with E-state index in [2.05, 4.69) is 36.4 Å². The number of hydrazone groups is 1. The molecule has 1 amide bonds. The summed E-state index contributed by atoms with van der Waals surface area (Å²) in [6.07, 6.45) is 3.38. The van der Waals surface area contributed by atoms with Crippen molar-refractivity contribution in [2.75, 3.05) is 21.3 Å². The zero-order chi connectivity index (χ0) is 22.7. The number of methoxy groups -OCH3 is 3. The van der Waals surface area contributed by atoms with E-state index < -0.39 is 5.91 Å². The molecule has 8 nitrogen and oxygen atoms in total. The molecule has 0 aliphatic rings. The lowest BCUT2D eigenvalue weighted by atomic mass is 10.2. The smallest absolute Gasteiger partial charge is 0.290 e. The molecule has 2 N–H and O–H groups in total. The molecule has 0 fully saturated rings. The fourth-order valence-electron chi connectivity index (χ4n) is 3.17. The molecule has 2 aromatic heterocycles. The second-order valence-electron chi connectivity index (χ2n) is 6.59. The van der Waals surface area contributed by atoms with Gasteiger partial charge < -0.3 is 19.2 Å². The maximum Gasteiger partial charge on any atom is 0.290 e. The van der Waals surface area contributed by atoms with Crippen LogP contribution in [0.1, 0.15) is 16.1 Å². The fourth-order valence-corrected chi connectivity index (χ4v) is 4.36. The summed E-state index contributed by atoms with van der Waals surface area (Å²) < 4.78 is 16.9. The van der Waals surface area contributed by atoms with E-state index in [-0.39, 0.29) is 5.69 Å². The number of aromatic nitrogens is 2. The minimum Gasteiger partial charge on any atom is -0.493 e. The lowest BCUT2D eigenvalue weighted by Gasteiger charge is -2.12. The molecule has 0 aliphatic carbocycles. The summed E-state index contributed by atoms with van der Waals surface area (Å²) in [6, 6.07) is 9.43. The van der Waals surface area contributed by atoms with Crippen LogP contribution >= 0.6 is 27.3 Å². The first kappa shape index (κ1) is 21.8. The van der Waals surface area contributed by atoms with Crippen LogP contribution in [-0.4, -0.2) is 43.4 Å². The van der Waals surface area contributed by atoms with Crippen LogP contribution in [0.2, 0.25) is 0 Å². The van der Waals surface area contributed by atoms with Crippen LogP contribution in [-0.2, 0) is 0 Å². The molecule has 0 radical (unpaired) electrons. The van der Waals surface area contributed by atoms with Crippen molar-refractivity contribution in [1.82, 2.24) is 15.4 Å². The second kappa shape index (κ2) is 9.41. The highest BCUT2D eigenvalue weighted by Crippen LogP contribution is 2.37. The number of nitrogens with zero attached hydrogens (tertiary/aromatic N) is 2. The van der Waals surface area contributed by atoms with Gasteiger partial charge in [0.25, 0.3) is 5.91 Å². The Hall–Kier alpha value is -3.37. The number of hydrogen-bond donors (Lipinski definition) is 2. The van der Waals surface area contributed by atoms with Crippen molar-refractivity contribution < 1.29 is 19.0 Å². The van der Waals surface area contributed by atoms with Crippen LogP contribution in [0.25, 0.3) is 21.5 Å². The lowest BCUT2D eigenvalue weighted by molar-refractivity contribution is 0.0951. The van der Waals surface area contributed by atoms with Crippen LogP contribution in [0.3, 0.4) is 0 Å². The Labute approximate surface area is 196 Å². The molecule has 32 heavy (non-hydrogen) atoms. The minimum absolute atomic E-state index is 0.288. The van der Waals surface area contributed by atoms with E-state index in [1.54, 1.807) is 17.5 Å². The second-order valence-corrected chi connectivity index (χ2v) is 8.36. The third-order valence-electron chi connectivity index (χ3n) is 4.68. The van der Waals surface area contributed by atoms with Crippen molar-refractivity contribution in [3.8, 4) is 27.8 Å². The van der Waals surface area contributed by atoms with E-state index in [1.165, 1.54) is 38.9 Å². The van der Waals surface area contributed by atoms with Crippen LogP contribution < -0.4 is 19.6 Å². The summed E-state index contributed by atoms with van der Waals surface area (Å²) >= 11 is 4.89. The van der Waals surface area contributed by atoms with Crippen molar-refractivity contribution in [3.63, 3.8) is 0 Å². The fraction of sp³-hybridized carbons (Fsp3) is 0.136. The van der Waals surface area contributed by atoms with Crippen molar-refractivity contribution in [2.45, 2.75) is 0 Å². The number of rotatable bonds is 7. The molecule has 2 heterocycles. The standard InChI is InChI=1S/C22H19BrN4O4S/c1-29-18-6-12(7-19(30-2)20(18)31-3)9-25-27-21(28)17-11-32-22(26-17)15-10-24-16-5-4-13(23)8-14(15)16/h4-11,24H,1-3H3,(H,27,28)/b25-9+. The summed E-state index contributed by atoms with van der Waals surface area (Å²) in [4.78, 5) is 20.2. The van der Waals surface area contributed by atoms with Gasteiger partial charge in [0.15, 0.2) is 11.5 Å². The van der Waals surface area contributed by atoms with Gasteiger partial charge in [-0.05, 0) is 30.3 Å². The first-order valence-electron chi connectivity index (χ1n) is 9.40. The van der Waals surface area contributed by atoms with Crippen LogP contribution in [0.4, 0.5) is 0 Å². The number of carbonyl (C=O) groups is 1. The van der Waals surface area contributed by atoms with Gasteiger partial charge >= 0.3 is 0 Å². The Kier molecular flexibility index (Phi) is 6.42. The maximum atomic E-state index is 12.5. The third kappa shape index (κ3) is 4.32. The Balaban J connectivity index is 1.50. The van der Waals surface area contributed by atoms with Gasteiger partial charge in [-0.15, -0.1) is 11.3 Å². The topological polar surface area (TPSA) is 97.8 Å². The molecule has 0 saturated carbocycles. The molecule has 0 unspecified atom stereocenters. The number of thiazole rings is 1. The number of carbonyl (C=O) groups excluding carboxylic acids is 1. The first-order valence-corrected chi connectivity index (χ1v) is 11.1. The van der Waals surface area contributed by atoms with E-state index in [0.717, 1.165) is 25.9 Å². The number of fused-ring (bicyclic) bond motifs is 1. The summed E-state index contributed by atoms with van der Waals surface area (Å²) in [6.45, 7) is 0. The number of ether oxygens (including phenoxy) is 3. The van der Waals surface area contributed by atoms with Gasteiger partial charge in [-0.1, -0.05) is 15.9 Å². The molecule has 4 aromatic rings. The van der Waals surface area contributed by atoms with Gasteiger partial charge in [-0.25, -0.2) is 10.4 Å². The number of aromatic amines is 1. The highest BCUT2D eigenvalue weighted by Gasteiger charge is 2.15. The average molecular weight is 515 g/mol. The highest BCUT2D eigenvalue weighted by atomic mass is 79.9. The largest absolute Gasteiger partial charge is 0.493 e. The third-order valence-corrected chi connectivity index (χ3v) is 6.05. The summed E-state index contributed by atoms with van der Waals surface area (Å²) in [5, 5.41) is 7.51. The monoisotopic (exact) mass is 514 g/mol. The number of halogens is 1. The van der Waals surface area contributed by atoms with Gasteiger partial charge in [-0.2, -0.15) is 5.10 Å². The predicted molar refractivity (Wildman–Crippen MR) is 128 cm³/mol. The molecule has 0 atom stereocenters. The normalized spacial score (nSPS) is 11.1. The Bertz CT molecular complexity index is 1290. The average Bonchev–Trinajstić information content (AvgIpc) is 3.45. The minimum atomic E-state index is -0.405. The van der Waals surface area contributed by atoms with Crippen molar-refractivity contribution in [2.24, 2.45) is 5.10 Å². The molecular weight excluding hydrogens is 496 g/mol. The van der Waals surface area contributed by atoms with Crippen LogP contribution in [0.5, 0.6) is 17.2 Å².